The van der Waals surface area contributed by atoms with Crippen LogP contribution in [0.1, 0.15) is 24.0 Å². The van der Waals surface area contributed by atoms with Crippen LogP contribution in [-0.2, 0) is 16.0 Å². The molecule has 0 spiro atoms. The van der Waals surface area contributed by atoms with E-state index in [1.165, 1.54) is 0 Å². The zero-order chi connectivity index (χ0) is 13.8. The molecule has 4 nitrogen and oxygen atoms in total. The van der Waals surface area contributed by atoms with Crippen LogP contribution in [0.25, 0.3) is 0 Å². The fraction of sp³-hybridized carbons (Fsp3) is 0.467. The Morgan fingerprint density at radius 2 is 2.00 bits per heavy atom. The monoisotopic (exact) mass is 261 g/mol. The second-order valence-electron chi connectivity index (χ2n) is 4.91. The van der Waals surface area contributed by atoms with E-state index in [1.54, 1.807) is 12.0 Å². The Hall–Kier alpha value is -1.84. The fourth-order valence-corrected chi connectivity index (χ4v) is 2.33. The van der Waals surface area contributed by atoms with E-state index in [-0.39, 0.29) is 11.7 Å². The predicted octanol–water partition coefficient (Wildman–Crippen LogP) is 1.74. The van der Waals surface area contributed by atoms with Crippen molar-refractivity contribution in [2.75, 3.05) is 20.2 Å². The van der Waals surface area contributed by atoms with Gasteiger partial charge in [-0.2, -0.15) is 0 Å². The van der Waals surface area contributed by atoms with Crippen LogP contribution in [0.4, 0.5) is 0 Å². The highest BCUT2D eigenvalue weighted by atomic mass is 16.5. The lowest BCUT2D eigenvalue weighted by Gasteiger charge is -2.26. The number of methoxy groups -OCH3 is 1. The quantitative estimate of drug-likeness (QED) is 0.832. The van der Waals surface area contributed by atoms with E-state index in [4.69, 9.17) is 4.74 Å². The largest absolute Gasteiger partial charge is 0.496 e. The van der Waals surface area contributed by atoms with Crippen molar-refractivity contribution >= 4 is 11.7 Å². The molecule has 1 amide bonds. The predicted molar refractivity (Wildman–Crippen MR) is 72.3 cm³/mol. The minimum atomic E-state index is 0.0661. The molecular formula is C15H19NO3. The summed E-state index contributed by atoms with van der Waals surface area (Å²) < 4.78 is 5.28. The van der Waals surface area contributed by atoms with Gasteiger partial charge in [0.15, 0.2) is 0 Å². The van der Waals surface area contributed by atoms with Crippen LogP contribution in [0, 0.1) is 6.92 Å². The lowest BCUT2D eigenvalue weighted by atomic mass is 10.0. The minimum Gasteiger partial charge on any atom is -0.496 e. The van der Waals surface area contributed by atoms with Crippen molar-refractivity contribution in [1.29, 1.82) is 0 Å². The number of likely N-dealkylation sites (tertiary alicyclic amines) is 1. The first-order valence-electron chi connectivity index (χ1n) is 6.53. The molecule has 0 aliphatic carbocycles. The van der Waals surface area contributed by atoms with Crippen LogP contribution in [0.15, 0.2) is 18.2 Å². The molecule has 0 unspecified atom stereocenters. The van der Waals surface area contributed by atoms with Gasteiger partial charge in [0.25, 0.3) is 0 Å². The number of ether oxygens (including phenoxy) is 1. The Balaban J connectivity index is 2.06. The van der Waals surface area contributed by atoms with Gasteiger partial charge in [-0.1, -0.05) is 17.7 Å². The number of Topliss-reactive ketones (excluding diaryl/α,β-unsaturated/α-hetero) is 1. The highest BCUT2D eigenvalue weighted by Gasteiger charge is 2.21. The number of carbonyl (C=O) groups is 2. The summed E-state index contributed by atoms with van der Waals surface area (Å²) >= 11 is 0. The van der Waals surface area contributed by atoms with Gasteiger partial charge >= 0.3 is 0 Å². The molecule has 4 heteroatoms. The third-order valence-corrected chi connectivity index (χ3v) is 3.45. The van der Waals surface area contributed by atoms with Gasteiger partial charge in [0.05, 0.1) is 13.5 Å². The summed E-state index contributed by atoms with van der Waals surface area (Å²) in [5.41, 5.74) is 2.02. The molecule has 1 aliphatic rings. The van der Waals surface area contributed by atoms with Gasteiger partial charge in [0.1, 0.15) is 11.5 Å². The zero-order valence-electron chi connectivity index (χ0n) is 11.4. The number of hydrogen-bond donors (Lipinski definition) is 0. The van der Waals surface area contributed by atoms with Gasteiger partial charge in [-0.15, -0.1) is 0 Å². The molecule has 102 valence electrons. The van der Waals surface area contributed by atoms with Gasteiger partial charge in [0.2, 0.25) is 5.91 Å². The van der Waals surface area contributed by atoms with Crippen LogP contribution < -0.4 is 4.74 Å². The number of aryl methyl sites for hydroxylation is 1. The summed E-state index contributed by atoms with van der Waals surface area (Å²) in [6.45, 7) is 3.09. The first-order valence-corrected chi connectivity index (χ1v) is 6.53. The van der Waals surface area contributed by atoms with Crippen molar-refractivity contribution in [3.63, 3.8) is 0 Å². The fourth-order valence-electron chi connectivity index (χ4n) is 2.33. The number of hydrogen-bond acceptors (Lipinski definition) is 3. The molecule has 1 heterocycles. The normalized spacial score (nSPS) is 15.5. The molecule has 1 aromatic rings. The lowest BCUT2D eigenvalue weighted by molar-refractivity contribution is -0.133. The summed E-state index contributed by atoms with van der Waals surface area (Å²) in [6, 6.07) is 5.83. The lowest BCUT2D eigenvalue weighted by Crippen LogP contribution is -2.39. The maximum atomic E-state index is 12.2. The number of carbonyl (C=O) groups excluding carboxylic acids is 2. The number of ketones is 1. The zero-order valence-corrected chi connectivity index (χ0v) is 11.4. The average Bonchev–Trinajstić information content (AvgIpc) is 2.39. The SMILES string of the molecule is COc1ccc(C)cc1CC(=O)N1CCC(=O)CC1. The topological polar surface area (TPSA) is 46.6 Å². The second kappa shape index (κ2) is 5.87. The Morgan fingerprint density at radius 3 is 2.63 bits per heavy atom. The smallest absolute Gasteiger partial charge is 0.227 e. The summed E-state index contributed by atoms with van der Waals surface area (Å²) in [6.07, 6.45) is 1.30. The van der Waals surface area contributed by atoms with Gasteiger partial charge < -0.3 is 9.64 Å². The van der Waals surface area contributed by atoms with E-state index < -0.39 is 0 Å². The summed E-state index contributed by atoms with van der Waals surface area (Å²) in [5.74, 6) is 1.06. The first kappa shape index (κ1) is 13.6. The van der Waals surface area contributed by atoms with Crippen molar-refractivity contribution in [3.05, 3.63) is 29.3 Å². The minimum absolute atomic E-state index is 0.0661. The summed E-state index contributed by atoms with van der Waals surface area (Å²) in [7, 11) is 1.61. The molecule has 2 rings (SSSR count). The van der Waals surface area contributed by atoms with Crippen molar-refractivity contribution < 1.29 is 14.3 Å². The molecule has 0 bridgehead atoms. The third kappa shape index (κ3) is 3.34. The summed E-state index contributed by atoms with van der Waals surface area (Å²) in [5, 5.41) is 0. The molecule has 0 atom stereocenters. The van der Waals surface area contributed by atoms with E-state index in [0.29, 0.717) is 32.4 Å². The average molecular weight is 261 g/mol. The molecular weight excluding hydrogens is 242 g/mol. The molecule has 1 saturated heterocycles. The maximum absolute atomic E-state index is 12.2. The van der Waals surface area contributed by atoms with Crippen LogP contribution in [0.2, 0.25) is 0 Å². The van der Waals surface area contributed by atoms with Crippen molar-refractivity contribution in [2.24, 2.45) is 0 Å². The van der Waals surface area contributed by atoms with Crippen LogP contribution in [-0.4, -0.2) is 36.8 Å². The molecule has 1 fully saturated rings. The number of nitrogens with zero attached hydrogens (tertiary/aromatic N) is 1. The van der Waals surface area contributed by atoms with Crippen LogP contribution >= 0.6 is 0 Å². The molecule has 1 aromatic carbocycles. The van der Waals surface area contributed by atoms with E-state index in [9.17, 15) is 9.59 Å². The molecule has 0 N–H and O–H groups in total. The highest BCUT2D eigenvalue weighted by Crippen LogP contribution is 2.21. The van der Waals surface area contributed by atoms with Crippen molar-refractivity contribution in [2.45, 2.75) is 26.2 Å². The van der Waals surface area contributed by atoms with E-state index in [2.05, 4.69) is 0 Å². The third-order valence-electron chi connectivity index (χ3n) is 3.45. The number of benzene rings is 1. The Kier molecular flexibility index (Phi) is 4.20. The molecule has 0 aromatic heterocycles. The van der Waals surface area contributed by atoms with Gasteiger partial charge in [-0.25, -0.2) is 0 Å². The second-order valence-corrected chi connectivity index (χ2v) is 4.91. The first-order chi connectivity index (χ1) is 9.10. The molecule has 1 aliphatic heterocycles. The van der Waals surface area contributed by atoms with Crippen molar-refractivity contribution in [3.8, 4) is 5.75 Å². The number of rotatable bonds is 3. The highest BCUT2D eigenvalue weighted by molar-refractivity contribution is 5.84. The van der Waals surface area contributed by atoms with E-state index >= 15 is 0 Å². The van der Waals surface area contributed by atoms with E-state index in [1.807, 2.05) is 25.1 Å². The number of amides is 1. The Morgan fingerprint density at radius 1 is 1.32 bits per heavy atom. The molecule has 0 radical (unpaired) electrons. The van der Waals surface area contributed by atoms with Crippen molar-refractivity contribution in [1.82, 2.24) is 4.90 Å². The molecule has 0 saturated carbocycles. The van der Waals surface area contributed by atoms with Crippen LogP contribution in [0.3, 0.4) is 0 Å². The van der Waals surface area contributed by atoms with Gasteiger partial charge in [0, 0.05) is 31.5 Å². The Bertz CT molecular complexity index is 486. The number of piperidine rings is 1. The maximum Gasteiger partial charge on any atom is 0.227 e. The van der Waals surface area contributed by atoms with Crippen LogP contribution in [0.5, 0.6) is 5.75 Å². The summed E-state index contributed by atoms with van der Waals surface area (Å²) in [4.78, 5) is 25.2. The van der Waals surface area contributed by atoms with E-state index in [0.717, 1.165) is 16.9 Å². The Labute approximate surface area is 113 Å². The molecule has 19 heavy (non-hydrogen) atoms. The van der Waals surface area contributed by atoms with Gasteiger partial charge in [-0.3, -0.25) is 9.59 Å². The standard InChI is InChI=1S/C15H19NO3/c1-11-3-4-14(19-2)12(9-11)10-15(18)16-7-5-13(17)6-8-16/h3-4,9H,5-8,10H2,1-2H3. The van der Waals surface area contributed by atoms with Gasteiger partial charge in [-0.05, 0) is 13.0 Å².